The number of nitrogens with zero attached hydrogens (tertiary/aromatic N) is 2. The molecule has 0 radical (unpaired) electrons. The minimum atomic E-state index is -0.490. The lowest BCUT2D eigenvalue weighted by Crippen LogP contribution is -2.10. The average Bonchev–Trinajstić information content (AvgIpc) is 3.29. The Labute approximate surface area is 362 Å². The molecule has 5 aromatic carbocycles. The van der Waals surface area contributed by atoms with Gasteiger partial charge in [0, 0.05) is 6.07 Å². The number of esters is 2. The van der Waals surface area contributed by atoms with Crippen LogP contribution in [-0.4, -0.2) is 31.8 Å². The van der Waals surface area contributed by atoms with Crippen molar-refractivity contribution in [1.29, 1.82) is 0 Å². The standard InChI is InChI=1S/C52H62N2O7/c1-4-7-10-13-14-17-34-57-46-32-26-45(27-33-46)54-53-44-24-18-42(19-25-44)51(55)60-47-28-20-40(21-29-47)41-22-30-48(31-23-41)61-52(56)43-37-49(58-35-15-11-8-5-2)39-50(38-43)59-36-16-12-9-6-3/h18-33,37-39H,4-17,34-36H2,1-3H3. The van der Waals surface area contributed by atoms with Gasteiger partial charge in [-0.3, -0.25) is 0 Å². The second-order valence-electron chi connectivity index (χ2n) is 15.2. The molecule has 0 atom stereocenters. The summed E-state index contributed by atoms with van der Waals surface area (Å²) >= 11 is 0. The van der Waals surface area contributed by atoms with Gasteiger partial charge in [-0.2, -0.15) is 10.2 Å². The third kappa shape index (κ3) is 16.5. The van der Waals surface area contributed by atoms with Crippen LogP contribution in [0.2, 0.25) is 0 Å². The van der Waals surface area contributed by atoms with Gasteiger partial charge >= 0.3 is 11.9 Å². The highest BCUT2D eigenvalue weighted by Gasteiger charge is 2.14. The molecule has 0 spiro atoms. The van der Waals surface area contributed by atoms with Crippen LogP contribution in [0.25, 0.3) is 11.1 Å². The minimum absolute atomic E-state index is 0.367. The summed E-state index contributed by atoms with van der Waals surface area (Å²) in [6.07, 6.45) is 16.1. The van der Waals surface area contributed by atoms with Crippen LogP contribution in [-0.2, 0) is 0 Å². The molecule has 5 aromatic rings. The zero-order valence-electron chi connectivity index (χ0n) is 36.2. The third-order valence-electron chi connectivity index (χ3n) is 10.1. The van der Waals surface area contributed by atoms with Gasteiger partial charge in [0.15, 0.2) is 0 Å². The van der Waals surface area contributed by atoms with Crippen LogP contribution < -0.4 is 23.7 Å². The highest BCUT2D eigenvalue weighted by Crippen LogP contribution is 2.29. The number of ether oxygens (including phenoxy) is 5. The molecule has 0 aliphatic carbocycles. The Morgan fingerprint density at radius 1 is 0.377 bits per heavy atom. The zero-order chi connectivity index (χ0) is 42.9. The van der Waals surface area contributed by atoms with Crippen LogP contribution >= 0.6 is 0 Å². The maximum atomic E-state index is 13.3. The maximum Gasteiger partial charge on any atom is 0.343 e. The van der Waals surface area contributed by atoms with E-state index < -0.39 is 11.9 Å². The highest BCUT2D eigenvalue weighted by molar-refractivity contribution is 5.92. The van der Waals surface area contributed by atoms with E-state index in [2.05, 4.69) is 31.0 Å². The lowest BCUT2D eigenvalue weighted by atomic mass is 10.1. The quantitative estimate of drug-likeness (QED) is 0.0225. The van der Waals surface area contributed by atoms with E-state index in [1.54, 1.807) is 60.7 Å². The van der Waals surface area contributed by atoms with E-state index in [9.17, 15) is 9.59 Å². The molecule has 0 heterocycles. The van der Waals surface area contributed by atoms with Crippen molar-refractivity contribution in [2.45, 2.75) is 111 Å². The van der Waals surface area contributed by atoms with Crippen molar-refractivity contribution in [3.05, 3.63) is 126 Å². The number of carbonyl (C=O) groups excluding carboxylic acids is 2. The van der Waals surface area contributed by atoms with E-state index in [1.165, 1.54) is 44.9 Å². The molecule has 0 N–H and O–H groups in total. The van der Waals surface area contributed by atoms with Crippen molar-refractivity contribution >= 4 is 23.3 Å². The fourth-order valence-corrected chi connectivity index (χ4v) is 6.52. The van der Waals surface area contributed by atoms with Gasteiger partial charge in [0.05, 0.1) is 42.3 Å². The molecule has 9 heteroatoms. The van der Waals surface area contributed by atoms with Gasteiger partial charge in [-0.15, -0.1) is 0 Å². The molecule has 0 unspecified atom stereocenters. The topological polar surface area (TPSA) is 105 Å². The summed E-state index contributed by atoms with van der Waals surface area (Å²) in [5.74, 6) is 1.88. The van der Waals surface area contributed by atoms with Gasteiger partial charge in [0.2, 0.25) is 0 Å². The SMILES string of the molecule is CCCCCCCCOc1ccc(N=Nc2ccc(C(=O)Oc3ccc(-c4ccc(OC(=O)c5cc(OCCCCCC)cc(OCCCCCC)c5)cc4)cc3)cc2)cc1. The third-order valence-corrected chi connectivity index (χ3v) is 10.1. The second-order valence-corrected chi connectivity index (χ2v) is 15.2. The minimum Gasteiger partial charge on any atom is -0.494 e. The molecule has 0 saturated heterocycles. The summed E-state index contributed by atoms with van der Waals surface area (Å²) in [5.41, 5.74) is 3.91. The molecule has 61 heavy (non-hydrogen) atoms. The molecular weight excluding hydrogens is 765 g/mol. The molecular formula is C52H62N2O7. The Hall–Kier alpha value is -5.96. The fraction of sp³-hybridized carbons (Fsp3) is 0.385. The molecule has 0 bridgehead atoms. The number of rotatable bonds is 27. The van der Waals surface area contributed by atoms with E-state index >= 15 is 0 Å². The van der Waals surface area contributed by atoms with Gasteiger partial charge < -0.3 is 23.7 Å². The summed E-state index contributed by atoms with van der Waals surface area (Å²) in [5, 5.41) is 8.63. The number of hydrogen-bond acceptors (Lipinski definition) is 9. The van der Waals surface area contributed by atoms with Crippen molar-refractivity contribution in [2.75, 3.05) is 19.8 Å². The monoisotopic (exact) mass is 826 g/mol. The molecule has 0 saturated carbocycles. The van der Waals surface area contributed by atoms with Crippen molar-refractivity contribution in [3.63, 3.8) is 0 Å². The molecule has 0 fully saturated rings. The van der Waals surface area contributed by atoms with Gasteiger partial charge in [-0.1, -0.05) is 116 Å². The molecule has 5 rings (SSSR count). The van der Waals surface area contributed by atoms with Crippen LogP contribution in [0.4, 0.5) is 11.4 Å². The molecule has 9 nitrogen and oxygen atoms in total. The zero-order valence-corrected chi connectivity index (χ0v) is 36.2. The first-order valence-electron chi connectivity index (χ1n) is 22.2. The Balaban J connectivity index is 1.09. The van der Waals surface area contributed by atoms with E-state index in [4.69, 9.17) is 23.7 Å². The van der Waals surface area contributed by atoms with Gasteiger partial charge in [-0.05, 0) is 115 Å². The molecule has 0 amide bonds. The lowest BCUT2D eigenvalue weighted by molar-refractivity contribution is 0.0724. The number of carbonyl (C=O) groups is 2. The Morgan fingerprint density at radius 3 is 1.20 bits per heavy atom. The van der Waals surface area contributed by atoms with E-state index in [-0.39, 0.29) is 0 Å². The average molecular weight is 827 g/mol. The summed E-state index contributed by atoms with van der Waals surface area (Å²) < 4.78 is 29.3. The van der Waals surface area contributed by atoms with E-state index in [0.29, 0.717) is 65.3 Å². The number of benzene rings is 5. The number of unbranched alkanes of at least 4 members (excludes halogenated alkanes) is 11. The first-order valence-corrected chi connectivity index (χ1v) is 22.2. The summed E-state index contributed by atoms with van der Waals surface area (Å²) in [7, 11) is 0. The molecule has 0 aromatic heterocycles. The molecule has 322 valence electrons. The van der Waals surface area contributed by atoms with Crippen molar-refractivity contribution in [2.24, 2.45) is 10.2 Å². The van der Waals surface area contributed by atoms with Crippen LogP contribution in [0.3, 0.4) is 0 Å². The predicted molar refractivity (Wildman–Crippen MR) is 243 cm³/mol. The normalized spacial score (nSPS) is 11.1. The summed E-state index contributed by atoms with van der Waals surface area (Å²) in [6.45, 7) is 8.46. The predicted octanol–water partition coefficient (Wildman–Crippen LogP) is 14.9. The van der Waals surface area contributed by atoms with Crippen LogP contribution in [0, 0.1) is 0 Å². The smallest absolute Gasteiger partial charge is 0.343 e. The van der Waals surface area contributed by atoms with Gasteiger partial charge in [0.1, 0.15) is 28.7 Å². The number of hydrogen-bond donors (Lipinski definition) is 0. The van der Waals surface area contributed by atoms with E-state index in [0.717, 1.165) is 61.8 Å². The fourth-order valence-electron chi connectivity index (χ4n) is 6.52. The Morgan fingerprint density at radius 2 is 0.738 bits per heavy atom. The second kappa shape index (κ2) is 26.3. The van der Waals surface area contributed by atoms with Crippen molar-refractivity contribution < 1.29 is 33.3 Å². The number of azo groups is 1. The van der Waals surface area contributed by atoms with Crippen molar-refractivity contribution in [1.82, 2.24) is 0 Å². The van der Waals surface area contributed by atoms with Gasteiger partial charge in [0.25, 0.3) is 0 Å². The molecule has 0 aliphatic heterocycles. The van der Waals surface area contributed by atoms with Gasteiger partial charge in [-0.25, -0.2) is 9.59 Å². The molecule has 0 aliphatic rings. The lowest BCUT2D eigenvalue weighted by Gasteiger charge is -2.13. The summed E-state index contributed by atoms with van der Waals surface area (Å²) in [6, 6.07) is 34.1. The summed E-state index contributed by atoms with van der Waals surface area (Å²) in [4.78, 5) is 26.2. The maximum absolute atomic E-state index is 13.3. The van der Waals surface area contributed by atoms with Crippen LogP contribution in [0.15, 0.2) is 125 Å². The first kappa shape index (κ1) is 46.1. The van der Waals surface area contributed by atoms with Crippen LogP contribution in [0.5, 0.6) is 28.7 Å². The van der Waals surface area contributed by atoms with Crippen molar-refractivity contribution in [3.8, 4) is 39.9 Å². The van der Waals surface area contributed by atoms with Crippen LogP contribution in [0.1, 0.15) is 131 Å². The largest absolute Gasteiger partial charge is 0.494 e. The first-order chi connectivity index (χ1) is 29.9. The highest BCUT2D eigenvalue weighted by atomic mass is 16.5. The van der Waals surface area contributed by atoms with E-state index in [1.807, 2.05) is 54.6 Å². The Bertz CT molecular complexity index is 2030. The Kier molecular flexibility index (Phi) is 19.9.